The maximum atomic E-state index is 10.0. The van der Waals surface area contributed by atoms with Gasteiger partial charge in [0.05, 0.1) is 0 Å². The molecule has 2 atom stereocenters. The summed E-state index contributed by atoms with van der Waals surface area (Å²) < 4.78 is 5.65. The van der Waals surface area contributed by atoms with Crippen molar-refractivity contribution in [3.63, 3.8) is 0 Å². The average molecular weight is 285 g/mol. The molecule has 2 rings (SSSR count). The molecule has 2 aromatic rings. The van der Waals surface area contributed by atoms with Crippen LogP contribution in [0.1, 0.15) is 24.1 Å². The van der Waals surface area contributed by atoms with Crippen LogP contribution in [0.25, 0.3) is 0 Å². The molecular formula is C18H23NO2. The number of rotatable bonds is 7. The molecule has 3 nitrogen and oxygen atoms in total. The first-order chi connectivity index (χ1) is 10.2. The van der Waals surface area contributed by atoms with E-state index in [1.807, 2.05) is 49.4 Å². The van der Waals surface area contributed by atoms with Gasteiger partial charge in [-0.2, -0.15) is 0 Å². The molecule has 0 unspecified atom stereocenters. The van der Waals surface area contributed by atoms with Gasteiger partial charge >= 0.3 is 0 Å². The number of hydrogen-bond acceptors (Lipinski definition) is 3. The fourth-order valence-corrected chi connectivity index (χ4v) is 2.14. The molecule has 0 aliphatic heterocycles. The maximum Gasteiger partial charge on any atom is 0.122 e. The molecule has 0 aromatic heterocycles. The van der Waals surface area contributed by atoms with E-state index in [9.17, 15) is 5.11 Å². The van der Waals surface area contributed by atoms with Crippen molar-refractivity contribution < 1.29 is 9.84 Å². The molecule has 0 bridgehead atoms. The van der Waals surface area contributed by atoms with Crippen LogP contribution in [0.15, 0.2) is 54.6 Å². The van der Waals surface area contributed by atoms with E-state index in [4.69, 9.17) is 4.74 Å². The van der Waals surface area contributed by atoms with Crippen LogP contribution in [0.5, 0.6) is 5.75 Å². The number of hydrogen-bond donors (Lipinski definition) is 2. The van der Waals surface area contributed by atoms with E-state index in [2.05, 4.69) is 24.4 Å². The third-order valence-electron chi connectivity index (χ3n) is 3.48. The van der Waals surface area contributed by atoms with Gasteiger partial charge in [-0.15, -0.1) is 0 Å². The highest BCUT2D eigenvalue weighted by atomic mass is 16.5. The van der Waals surface area contributed by atoms with Gasteiger partial charge in [0, 0.05) is 12.6 Å². The van der Waals surface area contributed by atoms with Crippen molar-refractivity contribution in [2.45, 2.75) is 26.0 Å². The molecule has 3 heteroatoms. The molecule has 0 aliphatic carbocycles. The number of benzene rings is 2. The zero-order chi connectivity index (χ0) is 15.1. The van der Waals surface area contributed by atoms with E-state index >= 15 is 0 Å². The second kappa shape index (κ2) is 7.81. The van der Waals surface area contributed by atoms with E-state index in [-0.39, 0.29) is 6.04 Å². The number of para-hydroxylation sites is 1. The van der Waals surface area contributed by atoms with Crippen molar-refractivity contribution in [3.05, 3.63) is 65.7 Å². The Morgan fingerprint density at radius 1 is 1.05 bits per heavy atom. The summed E-state index contributed by atoms with van der Waals surface area (Å²) >= 11 is 0. The Morgan fingerprint density at radius 3 is 2.43 bits per heavy atom. The lowest BCUT2D eigenvalue weighted by Gasteiger charge is -2.18. The van der Waals surface area contributed by atoms with Crippen molar-refractivity contribution >= 4 is 0 Å². The average Bonchev–Trinajstić information content (AvgIpc) is 2.52. The van der Waals surface area contributed by atoms with Gasteiger partial charge in [0.1, 0.15) is 18.5 Å². The lowest BCUT2D eigenvalue weighted by atomic mass is 10.1. The zero-order valence-corrected chi connectivity index (χ0v) is 12.6. The number of ether oxygens (including phenoxy) is 1. The Morgan fingerprint density at radius 2 is 1.71 bits per heavy atom. The van der Waals surface area contributed by atoms with E-state index in [1.54, 1.807) is 0 Å². The Bertz CT molecular complexity index is 542. The van der Waals surface area contributed by atoms with Gasteiger partial charge in [-0.3, -0.25) is 0 Å². The van der Waals surface area contributed by atoms with Crippen LogP contribution in [0.2, 0.25) is 0 Å². The van der Waals surface area contributed by atoms with E-state index in [0.29, 0.717) is 13.2 Å². The van der Waals surface area contributed by atoms with Gasteiger partial charge in [0.15, 0.2) is 0 Å². The SMILES string of the molecule is Cc1ccccc1OC[C@@H](O)CN[C@H](C)c1ccccc1. The molecule has 0 aliphatic rings. The monoisotopic (exact) mass is 285 g/mol. The first-order valence-corrected chi connectivity index (χ1v) is 7.31. The molecule has 0 saturated carbocycles. The zero-order valence-electron chi connectivity index (χ0n) is 12.6. The standard InChI is InChI=1S/C18H23NO2/c1-14-8-6-7-11-18(14)21-13-17(20)12-19-15(2)16-9-4-3-5-10-16/h3-11,15,17,19-20H,12-13H2,1-2H3/t15-,17+/m1/s1. The van der Waals surface area contributed by atoms with Crippen molar-refractivity contribution in [2.24, 2.45) is 0 Å². The topological polar surface area (TPSA) is 41.5 Å². The minimum absolute atomic E-state index is 0.208. The Balaban J connectivity index is 1.75. The highest BCUT2D eigenvalue weighted by molar-refractivity contribution is 5.31. The Labute approximate surface area is 126 Å². The van der Waals surface area contributed by atoms with Crippen LogP contribution in [-0.4, -0.2) is 24.4 Å². The van der Waals surface area contributed by atoms with E-state index in [1.165, 1.54) is 5.56 Å². The van der Waals surface area contributed by atoms with Gasteiger partial charge in [-0.25, -0.2) is 0 Å². The highest BCUT2D eigenvalue weighted by Crippen LogP contribution is 2.16. The van der Waals surface area contributed by atoms with Gasteiger partial charge in [0.2, 0.25) is 0 Å². The number of aliphatic hydroxyl groups excluding tert-OH is 1. The summed E-state index contributed by atoms with van der Waals surface area (Å²) in [6.07, 6.45) is -0.532. The summed E-state index contributed by atoms with van der Waals surface area (Å²) in [4.78, 5) is 0. The summed E-state index contributed by atoms with van der Waals surface area (Å²) in [6, 6.07) is 18.2. The number of nitrogens with one attached hydrogen (secondary N) is 1. The molecule has 21 heavy (non-hydrogen) atoms. The van der Waals surface area contributed by atoms with Crippen molar-refractivity contribution in [1.29, 1.82) is 0 Å². The fourth-order valence-electron chi connectivity index (χ4n) is 2.14. The van der Waals surface area contributed by atoms with Gasteiger partial charge in [-0.05, 0) is 31.0 Å². The molecule has 2 N–H and O–H groups in total. The third kappa shape index (κ3) is 4.88. The van der Waals surface area contributed by atoms with Gasteiger partial charge in [-0.1, -0.05) is 48.5 Å². The van der Waals surface area contributed by atoms with E-state index in [0.717, 1.165) is 11.3 Å². The summed E-state index contributed by atoms with van der Waals surface area (Å²) in [7, 11) is 0. The molecule has 2 aromatic carbocycles. The predicted octanol–water partition coefficient (Wildman–Crippen LogP) is 3.09. The van der Waals surface area contributed by atoms with E-state index < -0.39 is 6.10 Å². The first-order valence-electron chi connectivity index (χ1n) is 7.31. The van der Waals surface area contributed by atoms with Crippen LogP contribution in [-0.2, 0) is 0 Å². The minimum atomic E-state index is -0.532. The summed E-state index contributed by atoms with van der Waals surface area (Å²) in [5, 5.41) is 13.3. The number of aryl methyl sites for hydroxylation is 1. The highest BCUT2D eigenvalue weighted by Gasteiger charge is 2.09. The molecule has 0 fully saturated rings. The minimum Gasteiger partial charge on any atom is -0.491 e. The van der Waals surface area contributed by atoms with Crippen LogP contribution in [0, 0.1) is 6.92 Å². The van der Waals surface area contributed by atoms with Crippen molar-refractivity contribution in [2.75, 3.05) is 13.2 Å². The molecule has 0 amide bonds. The van der Waals surface area contributed by atoms with Crippen LogP contribution in [0.4, 0.5) is 0 Å². The molecule has 0 heterocycles. The van der Waals surface area contributed by atoms with Crippen molar-refractivity contribution in [3.8, 4) is 5.75 Å². The lowest BCUT2D eigenvalue weighted by molar-refractivity contribution is 0.104. The molecule has 112 valence electrons. The van der Waals surface area contributed by atoms with Crippen LogP contribution < -0.4 is 10.1 Å². The Hall–Kier alpha value is -1.84. The molecule has 0 spiro atoms. The predicted molar refractivity (Wildman–Crippen MR) is 85.5 cm³/mol. The Kier molecular flexibility index (Phi) is 5.78. The van der Waals surface area contributed by atoms with Gasteiger partial charge in [0.25, 0.3) is 0 Å². The second-order valence-electron chi connectivity index (χ2n) is 5.27. The van der Waals surface area contributed by atoms with Crippen molar-refractivity contribution in [1.82, 2.24) is 5.32 Å². The summed E-state index contributed by atoms with van der Waals surface area (Å²) in [5.41, 5.74) is 2.29. The third-order valence-corrected chi connectivity index (χ3v) is 3.48. The maximum absolute atomic E-state index is 10.0. The fraction of sp³-hybridized carbons (Fsp3) is 0.333. The molecular weight excluding hydrogens is 262 g/mol. The summed E-state index contributed by atoms with van der Waals surface area (Å²) in [6.45, 7) is 4.88. The van der Waals surface area contributed by atoms with Gasteiger partial charge < -0.3 is 15.2 Å². The normalized spacial score (nSPS) is 13.7. The first kappa shape index (κ1) is 15.5. The molecule has 0 saturated heterocycles. The van der Waals surface area contributed by atoms with Crippen LogP contribution in [0.3, 0.4) is 0 Å². The molecule has 0 radical (unpaired) electrons. The lowest BCUT2D eigenvalue weighted by Crippen LogP contribution is -2.33. The largest absolute Gasteiger partial charge is 0.491 e. The van der Waals surface area contributed by atoms with Crippen LogP contribution >= 0.6 is 0 Å². The number of aliphatic hydroxyl groups is 1. The summed E-state index contributed by atoms with van der Waals surface area (Å²) in [5.74, 6) is 0.827. The second-order valence-corrected chi connectivity index (χ2v) is 5.27. The smallest absolute Gasteiger partial charge is 0.122 e. The quantitative estimate of drug-likeness (QED) is 0.821.